The van der Waals surface area contributed by atoms with E-state index in [1.807, 2.05) is 11.7 Å². The first-order chi connectivity index (χ1) is 10.2. The van der Waals surface area contributed by atoms with Crippen LogP contribution in [-0.2, 0) is 13.5 Å². The molecule has 1 aliphatic carbocycles. The van der Waals surface area contributed by atoms with E-state index in [-0.39, 0.29) is 0 Å². The maximum absolute atomic E-state index is 4.44. The second-order valence-electron chi connectivity index (χ2n) is 6.70. The molecule has 2 rings (SSSR count). The summed E-state index contributed by atoms with van der Waals surface area (Å²) in [5, 5.41) is 7.86. The van der Waals surface area contributed by atoms with E-state index in [9.17, 15) is 0 Å². The van der Waals surface area contributed by atoms with Crippen LogP contribution in [0.2, 0.25) is 0 Å². The molecule has 0 amide bonds. The zero-order valence-electron chi connectivity index (χ0n) is 14.0. The third-order valence-corrected chi connectivity index (χ3v) is 5.03. The number of aryl methyl sites for hydroxylation is 1. The van der Waals surface area contributed by atoms with Crippen LogP contribution in [0.3, 0.4) is 0 Å². The van der Waals surface area contributed by atoms with Gasteiger partial charge in [0.1, 0.15) is 12.2 Å². The number of hydrogen-bond donors (Lipinski definition) is 1. The van der Waals surface area contributed by atoms with Gasteiger partial charge >= 0.3 is 0 Å². The molecule has 0 saturated heterocycles. The Morgan fingerprint density at radius 1 is 1.24 bits per heavy atom. The normalized spacial score (nSPS) is 26.1. The lowest BCUT2D eigenvalue weighted by molar-refractivity contribution is 0.165. The lowest BCUT2D eigenvalue weighted by Crippen LogP contribution is -2.35. The lowest BCUT2D eigenvalue weighted by atomic mass is 9.71. The molecule has 1 aliphatic rings. The Labute approximate surface area is 129 Å². The number of nitrogens with one attached hydrogen (secondary N) is 1. The molecule has 0 radical (unpaired) electrons. The standard InChI is InChI=1S/C17H32N4/c1-4-6-14-7-8-15(12-18-9-5-2)16(10-14)11-17-19-13-20-21(17)3/h13-16,18H,4-12H2,1-3H3. The molecule has 3 atom stereocenters. The van der Waals surface area contributed by atoms with Gasteiger partial charge in [0.2, 0.25) is 0 Å². The van der Waals surface area contributed by atoms with Gasteiger partial charge in [0.05, 0.1) is 0 Å². The van der Waals surface area contributed by atoms with Crippen molar-refractivity contribution in [1.82, 2.24) is 20.1 Å². The van der Waals surface area contributed by atoms with Crippen molar-refractivity contribution in [1.29, 1.82) is 0 Å². The van der Waals surface area contributed by atoms with Gasteiger partial charge in [0.25, 0.3) is 0 Å². The molecule has 0 spiro atoms. The Kier molecular flexibility index (Phi) is 6.68. The van der Waals surface area contributed by atoms with E-state index >= 15 is 0 Å². The van der Waals surface area contributed by atoms with Crippen LogP contribution in [0.1, 0.15) is 58.2 Å². The minimum atomic E-state index is 0.766. The Morgan fingerprint density at radius 3 is 2.76 bits per heavy atom. The molecule has 1 aromatic rings. The van der Waals surface area contributed by atoms with E-state index < -0.39 is 0 Å². The van der Waals surface area contributed by atoms with E-state index in [1.165, 1.54) is 45.1 Å². The highest BCUT2D eigenvalue weighted by atomic mass is 15.3. The van der Waals surface area contributed by atoms with Crippen molar-refractivity contribution >= 4 is 0 Å². The predicted octanol–water partition coefficient (Wildman–Crippen LogP) is 3.19. The summed E-state index contributed by atoms with van der Waals surface area (Å²) in [5.74, 6) is 3.65. The number of rotatable bonds is 8. The summed E-state index contributed by atoms with van der Waals surface area (Å²) < 4.78 is 1.94. The predicted molar refractivity (Wildman–Crippen MR) is 87.1 cm³/mol. The van der Waals surface area contributed by atoms with E-state index in [4.69, 9.17) is 0 Å². The molecule has 1 heterocycles. The van der Waals surface area contributed by atoms with Crippen LogP contribution >= 0.6 is 0 Å². The van der Waals surface area contributed by atoms with Gasteiger partial charge in [-0.1, -0.05) is 33.1 Å². The Balaban J connectivity index is 1.96. The molecule has 21 heavy (non-hydrogen) atoms. The maximum Gasteiger partial charge on any atom is 0.138 e. The first-order valence-corrected chi connectivity index (χ1v) is 8.78. The molecule has 1 fully saturated rings. The summed E-state index contributed by atoms with van der Waals surface area (Å²) in [6.45, 7) is 6.87. The first-order valence-electron chi connectivity index (χ1n) is 8.78. The van der Waals surface area contributed by atoms with Crippen molar-refractivity contribution in [3.63, 3.8) is 0 Å². The molecule has 1 aromatic heterocycles. The molecule has 120 valence electrons. The van der Waals surface area contributed by atoms with Crippen molar-refractivity contribution in [2.24, 2.45) is 24.8 Å². The number of hydrogen-bond acceptors (Lipinski definition) is 3. The van der Waals surface area contributed by atoms with Gasteiger partial charge in [0.15, 0.2) is 0 Å². The zero-order valence-corrected chi connectivity index (χ0v) is 14.0. The summed E-state index contributed by atoms with van der Waals surface area (Å²) in [4.78, 5) is 4.44. The SMILES string of the molecule is CCCNCC1CCC(CCC)CC1Cc1ncnn1C. The molecule has 3 unspecified atom stereocenters. The monoisotopic (exact) mass is 292 g/mol. The van der Waals surface area contributed by atoms with Crippen molar-refractivity contribution in [2.45, 2.75) is 58.8 Å². The molecular formula is C17H32N4. The highest BCUT2D eigenvalue weighted by Gasteiger charge is 2.30. The van der Waals surface area contributed by atoms with E-state index in [2.05, 4.69) is 29.2 Å². The summed E-state index contributed by atoms with van der Waals surface area (Å²) in [6, 6.07) is 0. The summed E-state index contributed by atoms with van der Waals surface area (Å²) in [6.07, 6.45) is 10.9. The smallest absolute Gasteiger partial charge is 0.138 e. The van der Waals surface area contributed by atoms with Crippen molar-refractivity contribution in [3.8, 4) is 0 Å². The minimum absolute atomic E-state index is 0.766. The van der Waals surface area contributed by atoms with Crippen LogP contribution < -0.4 is 5.32 Å². The van der Waals surface area contributed by atoms with E-state index in [0.29, 0.717) is 0 Å². The van der Waals surface area contributed by atoms with E-state index in [0.717, 1.165) is 36.5 Å². The molecule has 0 bridgehead atoms. The van der Waals surface area contributed by atoms with Gasteiger partial charge < -0.3 is 5.32 Å². The van der Waals surface area contributed by atoms with Gasteiger partial charge in [-0.15, -0.1) is 0 Å². The fraction of sp³-hybridized carbons (Fsp3) is 0.882. The minimum Gasteiger partial charge on any atom is -0.316 e. The topological polar surface area (TPSA) is 42.7 Å². The molecular weight excluding hydrogens is 260 g/mol. The van der Waals surface area contributed by atoms with Gasteiger partial charge in [-0.3, -0.25) is 4.68 Å². The number of aromatic nitrogens is 3. The fourth-order valence-electron chi connectivity index (χ4n) is 3.82. The van der Waals surface area contributed by atoms with Crippen LogP contribution in [0.25, 0.3) is 0 Å². The van der Waals surface area contributed by atoms with Gasteiger partial charge in [0, 0.05) is 13.5 Å². The van der Waals surface area contributed by atoms with Crippen LogP contribution in [-0.4, -0.2) is 27.9 Å². The van der Waals surface area contributed by atoms with Crippen LogP contribution in [0, 0.1) is 17.8 Å². The maximum atomic E-state index is 4.44. The Morgan fingerprint density at radius 2 is 2.10 bits per heavy atom. The second-order valence-corrected chi connectivity index (χ2v) is 6.70. The third-order valence-electron chi connectivity index (χ3n) is 5.03. The van der Waals surface area contributed by atoms with Crippen molar-refractivity contribution in [3.05, 3.63) is 12.2 Å². The molecule has 4 nitrogen and oxygen atoms in total. The quantitative estimate of drug-likeness (QED) is 0.748. The van der Waals surface area contributed by atoms with Crippen LogP contribution in [0.15, 0.2) is 6.33 Å². The van der Waals surface area contributed by atoms with Gasteiger partial charge in [-0.25, -0.2) is 4.98 Å². The Hall–Kier alpha value is -0.900. The number of nitrogens with zero attached hydrogens (tertiary/aromatic N) is 3. The van der Waals surface area contributed by atoms with Crippen LogP contribution in [0.4, 0.5) is 0 Å². The largest absolute Gasteiger partial charge is 0.316 e. The molecule has 0 aliphatic heterocycles. The molecule has 1 N–H and O–H groups in total. The lowest BCUT2D eigenvalue weighted by Gasteiger charge is -2.36. The summed E-state index contributed by atoms with van der Waals surface area (Å²) >= 11 is 0. The van der Waals surface area contributed by atoms with Crippen molar-refractivity contribution in [2.75, 3.05) is 13.1 Å². The molecule has 0 aromatic carbocycles. The highest BCUT2D eigenvalue weighted by molar-refractivity contribution is 4.91. The molecule has 4 heteroatoms. The average Bonchev–Trinajstić information content (AvgIpc) is 2.87. The van der Waals surface area contributed by atoms with E-state index in [1.54, 1.807) is 6.33 Å². The first kappa shape index (κ1) is 16.5. The fourth-order valence-corrected chi connectivity index (χ4v) is 3.82. The van der Waals surface area contributed by atoms with Crippen LogP contribution in [0.5, 0.6) is 0 Å². The average molecular weight is 292 g/mol. The summed E-state index contributed by atoms with van der Waals surface area (Å²) in [7, 11) is 2.01. The van der Waals surface area contributed by atoms with Gasteiger partial charge in [-0.05, 0) is 50.1 Å². The zero-order chi connectivity index (χ0) is 15.1. The second kappa shape index (κ2) is 8.52. The highest BCUT2D eigenvalue weighted by Crippen LogP contribution is 2.37. The van der Waals surface area contributed by atoms with Crippen molar-refractivity contribution < 1.29 is 0 Å². The Bertz CT molecular complexity index is 401. The third kappa shape index (κ3) is 4.80. The summed E-state index contributed by atoms with van der Waals surface area (Å²) in [5.41, 5.74) is 0. The molecule has 1 saturated carbocycles. The van der Waals surface area contributed by atoms with Gasteiger partial charge in [-0.2, -0.15) is 5.10 Å².